The number of aliphatic hydroxyl groups is 1. The van der Waals surface area contributed by atoms with E-state index < -0.39 is 5.60 Å². The van der Waals surface area contributed by atoms with Crippen molar-refractivity contribution in [2.45, 2.75) is 44.2 Å². The summed E-state index contributed by atoms with van der Waals surface area (Å²) in [5.41, 5.74) is 1.48. The number of amides is 2. The Bertz CT molecular complexity index is 1930. The number of hydrogen-bond donors (Lipinski definition) is 1. The van der Waals surface area contributed by atoms with Crippen LogP contribution in [0.5, 0.6) is 0 Å². The molecule has 2 fully saturated rings. The Morgan fingerprint density at radius 1 is 0.978 bits per heavy atom. The summed E-state index contributed by atoms with van der Waals surface area (Å²) in [6.07, 6.45) is 2.80. The number of carbonyl (C=O) groups excluding carboxylic acids is 2. The van der Waals surface area contributed by atoms with Gasteiger partial charge in [-0.3, -0.25) is 19.0 Å². The summed E-state index contributed by atoms with van der Waals surface area (Å²) in [6.45, 7) is 3.75. The molecule has 236 valence electrons. The van der Waals surface area contributed by atoms with Crippen molar-refractivity contribution in [1.82, 2.24) is 24.3 Å². The average molecular weight is 654 g/mol. The van der Waals surface area contributed by atoms with E-state index in [2.05, 4.69) is 4.98 Å². The Morgan fingerprint density at radius 2 is 1.70 bits per heavy atom. The summed E-state index contributed by atoms with van der Waals surface area (Å²) in [6, 6.07) is 21.6. The van der Waals surface area contributed by atoms with Crippen LogP contribution < -0.4 is 5.56 Å². The van der Waals surface area contributed by atoms with Crippen molar-refractivity contribution in [3.05, 3.63) is 105 Å². The topological polar surface area (TPSA) is 109 Å². The third-order valence-electron chi connectivity index (χ3n) is 9.38. The first-order chi connectivity index (χ1) is 22.3. The molecule has 3 aromatic heterocycles. The smallest absolute Gasteiger partial charge is 0.265 e. The first-order valence-corrected chi connectivity index (χ1v) is 17.3. The van der Waals surface area contributed by atoms with Crippen molar-refractivity contribution in [3.8, 4) is 10.6 Å². The quantitative estimate of drug-likeness (QED) is 0.270. The summed E-state index contributed by atoms with van der Waals surface area (Å²) in [5.74, 6) is -0.428. The molecule has 46 heavy (non-hydrogen) atoms. The fourth-order valence-electron chi connectivity index (χ4n) is 6.77. The average Bonchev–Trinajstić information content (AvgIpc) is 3.73. The van der Waals surface area contributed by atoms with Gasteiger partial charge in [0.2, 0.25) is 5.91 Å². The fraction of sp³-hybridized carbons (Fsp3) is 0.343. The zero-order valence-electron chi connectivity index (χ0n) is 25.5. The molecule has 0 unspecified atom stereocenters. The molecule has 7 rings (SSSR count). The van der Waals surface area contributed by atoms with Gasteiger partial charge in [-0.25, -0.2) is 9.97 Å². The number of aromatic nitrogens is 3. The van der Waals surface area contributed by atoms with Crippen LogP contribution in [0.3, 0.4) is 0 Å². The standard InChI is InChI=1S/C35H35N5O4S2/c1-23-29(46-30(37-23)25-10-6-3-7-11-25)34(43)39-16-12-26(28(20-39)24-8-4-2-5-9-24)32(41)38-17-14-35(44,15-18-38)21-40-22-36-31-27(33(40)42)13-19-45-31/h2-11,13,19,22,26,28,44H,12,14-18,20-21H2,1H3/t26-,28+/m1/s1. The van der Waals surface area contributed by atoms with Crippen LogP contribution in [0.4, 0.5) is 0 Å². The highest BCUT2D eigenvalue weighted by Crippen LogP contribution is 2.37. The van der Waals surface area contributed by atoms with Gasteiger partial charge >= 0.3 is 0 Å². The molecule has 11 heteroatoms. The third-order valence-corrected chi connectivity index (χ3v) is 11.4. The highest BCUT2D eigenvalue weighted by atomic mass is 32.1. The summed E-state index contributed by atoms with van der Waals surface area (Å²) >= 11 is 2.83. The lowest BCUT2D eigenvalue weighted by molar-refractivity contribution is -0.142. The molecule has 2 saturated heterocycles. The molecule has 0 radical (unpaired) electrons. The maximum atomic E-state index is 14.1. The molecule has 2 amide bonds. The van der Waals surface area contributed by atoms with Gasteiger partial charge in [-0.1, -0.05) is 60.7 Å². The van der Waals surface area contributed by atoms with Crippen LogP contribution in [0.15, 0.2) is 83.2 Å². The third kappa shape index (κ3) is 5.90. The number of carbonyl (C=O) groups is 2. The number of likely N-dealkylation sites (tertiary alicyclic amines) is 2. The van der Waals surface area contributed by atoms with Crippen molar-refractivity contribution in [2.75, 3.05) is 26.2 Å². The first-order valence-electron chi connectivity index (χ1n) is 15.6. The second kappa shape index (κ2) is 12.5. The summed E-state index contributed by atoms with van der Waals surface area (Å²) < 4.78 is 1.48. The number of benzene rings is 2. The molecule has 2 aliphatic heterocycles. The molecular weight excluding hydrogens is 619 g/mol. The van der Waals surface area contributed by atoms with Crippen LogP contribution in [0, 0.1) is 12.8 Å². The Balaban J connectivity index is 1.05. The molecule has 2 aromatic carbocycles. The minimum Gasteiger partial charge on any atom is -0.388 e. The highest BCUT2D eigenvalue weighted by Gasteiger charge is 2.42. The summed E-state index contributed by atoms with van der Waals surface area (Å²) in [5, 5.41) is 14.7. The molecule has 5 heterocycles. The van der Waals surface area contributed by atoms with E-state index in [1.54, 1.807) is 6.07 Å². The van der Waals surface area contributed by atoms with Gasteiger partial charge in [0.15, 0.2) is 0 Å². The van der Waals surface area contributed by atoms with Crippen molar-refractivity contribution >= 4 is 44.7 Å². The predicted molar refractivity (Wildman–Crippen MR) is 180 cm³/mol. The Labute approximate surface area is 274 Å². The zero-order chi connectivity index (χ0) is 31.8. The number of rotatable bonds is 6. The number of nitrogens with zero attached hydrogens (tertiary/aromatic N) is 5. The molecule has 0 bridgehead atoms. The van der Waals surface area contributed by atoms with Gasteiger partial charge < -0.3 is 14.9 Å². The lowest BCUT2D eigenvalue weighted by Crippen LogP contribution is -2.53. The molecule has 2 atom stereocenters. The Kier molecular flexibility index (Phi) is 8.31. The number of hydrogen-bond acceptors (Lipinski definition) is 8. The van der Waals surface area contributed by atoms with E-state index in [1.807, 2.05) is 82.8 Å². The molecule has 0 spiro atoms. The summed E-state index contributed by atoms with van der Waals surface area (Å²) in [4.78, 5) is 55.0. The summed E-state index contributed by atoms with van der Waals surface area (Å²) in [7, 11) is 0. The monoisotopic (exact) mass is 653 g/mol. The van der Waals surface area contributed by atoms with Crippen LogP contribution >= 0.6 is 22.7 Å². The van der Waals surface area contributed by atoms with E-state index in [9.17, 15) is 19.5 Å². The van der Waals surface area contributed by atoms with Gasteiger partial charge in [0.05, 0.1) is 29.6 Å². The van der Waals surface area contributed by atoms with Crippen molar-refractivity contribution in [3.63, 3.8) is 0 Å². The number of piperidine rings is 2. The second-order valence-corrected chi connectivity index (χ2v) is 14.2. The minimum atomic E-state index is -1.11. The van der Waals surface area contributed by atoms with E-state index in [0.717, 1.165) is 21.8 Å². The van der Waals surface area contributed by atoms with E-state index in [0.29, 0.717) is 60.5 Å². The molecule has 2 aliphatic rings. The normalized spacial score (nSPS) is 19.8. The van der Waals surface area contributed by atoms with E-state index >= 15 is 0 Å². The van der Waals surface area contributed by atoms with Gasteiger partial charge in [-0.15, -0.1) is 22.7 Å². The molecule has 0 aliphatic carbocycles. The van der Waals surface area contributed by atoms with Crippen molar-refractivity contribution in [1.29, 1.82) is 0 Å². The number of fused-ring (bicyclic) bond motifs is 1. The molecule has 5 aromatic rings. The van der Waals surface area contributed by atoms with Crippen LogP contribution in [0.2, 0.25) is 0 Å². The van der Waals surface area contributed by atoms with Gasteiger partial charge in [0, 0.05) is 43.6 Å². The fourth-order valence-corrected chi connectivity index (χ4v) is 8.53. The number of aryl methyl sites for hydroxylation is 1. The van der Waals surface area contributed by atoms with Gasteiger partial charge in [-0.05, 0) is 43.2 Å². The van der Waals surface area contributed by atoms with Crippen molar-refractivity contribution in [2.24, 2.45) is 5.92 Å². The Hall–Kier alpha value is -4.19. The lowest BCUT2D eigenvalue weighted by Gasteiger charge is -2.43. The van der Waals surface area contributed by atoms with E-state index in [1.165, 1.54) is 33.6 Å². The largest absolute Gasteiger partial charge is 0.388 e. The van der Waals surface area contributed by atoms with Crippen LogP contribution in [0.25, 0.3) is 20.8 Å². The second-order valence-electron chi connectivity index (χ2n) is 12.3. The Morgan fingerprint density at radius 3 is 2.43 bits per heavy atom. The molecule has 9 nitrogen and oxygen atoms in total. The van der Waals surface area contributed by atoms with E-state index in [-0.39, 0.29) is 35.8 Å². The number of thiazole rings is 1. The highest BCUT2D eigenvalue weighted by molar-refractivity contribution is 7.17. The maximum absolute atomic E-state index is 14.1. The van der Waals surface area contributed by atoms with Gasteiger partial charge in [0.25, 0.3) is 11.5 Å². The van der Waals surface area contributed by atoms with Crippen LogP contribution in [-0.4, -0.2) is 73.0 Å². The zero-order valence-corrected chi connectivity index (χ0v) is 27.2. The van der Waals surface area contributed by atoms with Gasteiger partial charge in [0.1, 0.15) is 14.7 Å². The lowest BCUT2D eigenvalue weighted by atomic mass is 9.79. The van der Waals surface area contributed by atoms with Gasteiger partial charge in [-0.2, -0.15) is 0 Å². The SMILES string of the molecule is Cc1nc(-c2ccccc2)sc1C(=O)N1CC[C@@H](C(=O)N2CCC(O)(Cn3cnc4sccc4c3=O)CC2)[C@H](c2ccccc2)C1. The molecule has 1 N–H and O–H groups in total. The van der Waals surface area contributed by atoms with Crippen LogP contribution in [0.1, 0.15) is 46.1 Å². The minimum absolute atomic E-state index is 0.0441. The predicted octanol–water partition coefficient (Wildman–Crippen LogP) is 5.19. The van der Waals surface area contributed by atoms with Crippen LogP contribution in [-0.2, 0) is 11.3 Å². The van der Waals surface area contributed by atoms with Crippen molar-refractivity contribution < 1.29 is 14.7 Å². The number of thiophene rings is 1. The maximum Gasteiger partial charge on any atom is 0.265 e. The molecular formula is C35H35N5O4S2. The first kappa shape index (κ1) is 30.5. The van der Waals surface area contributed by atoms with E-state index in [4.69, 9.17) is 4.98 Å². The molecule has 0 saturated carbocycles.